The minimum absolute atomic E-state index is 0.0422. The van der Waals surface area contributed by atoms with E-state index in [2.05, 4.69) is 10.5 Å². The second kappa shape index (κ2) is 5.42. The van der Waals surface area contributed by atoms with Gasteiger partial charge in [-0.15, -0.1) is 0 Å². The molecule has 0 aromatic rings. The second-order valence-corrected chi connectivity index (χ2v) is 3.79. The second-order valence-electron chi connectivity index (χ2n) is 3.79. The van der Waals surface area contributed by atoms with Crippen LogP contribution in [0, 0.1) is 0 Å². The molecule has 0 radical (unpaired) electrons. The molecular weight excluding hydrogens is 204 g/mol. The van der Waals surface area contributed by atoms with Crippen LogP contribution >= 0.6 is 0 Å². The highest BCUT2D eigenvalue weighted by atomic mass is 16.3. The quantitative estimate of drug-likeness (QED) is 0.426. The third-order valence-corrected chi connectivity index (χ3v) is 2.03. The molecule has 0 heterocycles. The predicted molar refractivity (Wildman–Crippen MR) is 63.9 cm³/mol. The van der Waals surface area contributed by atoms with Crippen LogP contribution in [0.5, 0.6) is 0 Å². The van der Waals surface area contributed by atoms with Crippen LogP contribution in [0.2, 0.25) is 0 Å². The maximum absolute atomic E-state index is 10.7. The topological polar surface area (TPSA) is 61.7 Å². The number of carbonyl (C=O) groups excluding carboxylic acids is 1. The smallest absolute Gasteiger partial charge is 0.154 e. The highest BCUT2D eigenvalue weighted by Crippen LogP contribution is 2.14. The lowest BCUT2D eigenvalue weighted by Crippen LogP contribution is -2.29. The van der Waals surface area contributed by atoms with Gasteiger partial charge in [-0.3, -0.25) is 10.2 Å². The Morgan fingerprint density at radius 1 is 1.50 bits per heavy atom. The lowest BCUT2D eigenvalue weighted by atomic mass is 9.97. The van der Waals surface area contributed by atoms with Crippen molar-refractivity contribution < 1.29 is 9.90 Å². The number of hydrogen-bond acceptors (Lipinski definition) is 4. The largest absolute Gasteiger partial charge is 0.380 e. The number of aliphatic hydroxyl groups is 1. The first-order valence-corrected chi connectivity index (χ1v) is 5.08. The van der Waals surface area contributed by atoms with Crippen LogP contribution in [0.25, 0.3) is 0 Å². The van der Waals surface area contributed by atoms with E-state index in [1.165, 1.54) is 19.2 Å². The standard InChI is InChI=1S/C12H16N2O2/c1-10(8-11(2)15)14-13-9-12(16)6-4-3-5-7-12/h3-6,8-9,14,16H,7H2,1-2H3/b10-8+,13-9?. The zero-order valence-electron chi connectivity index (χ0n) is 9.47. The van der Waals surface area contributed by atoms with Gasteiger partial charge in [0.1, 0.15) is 5.60 Å². The van der Waals surface area contributed by atoms with E-state index in [4.69, 9.17) is 0 Å². The van der Waals surface area contributed by atoms with Gasteiger partial charge in [0.15, 0.2) is 5.78 Å². The predicted octanol–water partition coefficient (Wildman–Crippen LogP) is 1.30. The van der Waals surface area contributed by atoms with Crippen LogP contribution in [-0.4, -0.2) is 22.7 Å². The van der Waals surface area contributed by atoms with E-state index in [0.717, 1.165) is 0 Å². The highest BCUT2D eigenvalue weighted by Gasteiger charge is 2.20. The van der Waals surface area contributed by atoms with Crippen molar-refractivity contribution in [1.29, 1.82) is 0 Å². The molecule has 0 saturated carbocycles. The molecule has 0 aromatic heterocycles. The summed E-state index contributed by atoms with van der Waals surface area (Å²) >= 11 is 0. The molecule has 1 unspecified atom stereocenters. The summed E-state index contributed by atoms with van der Waals surface area (Å²) in [5, 5.41) is 13.8. The van der Waals surface area contributed by atoms with E-state index in [0.29, 0.717) is 12.1 Å². The van der Waals surface area contributed by atoms with Gasteiger partial charge < -0.3 is 5.11 Å². The van der Waals surface area contributed by atoms with Gasteiger partial charge in [0.2, 0.25) is 0 Å². The van der Waals surface area contributed by atoms with Crippen molar-refractivity contribution in [2.75, 3.05) is 0 Å². The summed E-state index contributed by atoms with van der Waals surface area (Å²) in [6.45, 7) is 3.20. The van der Waals surface area contributed by atoms with Crippen LogP contribution in [-0.2, 0) is 4.79 Å². The van der Waals surface area contributed by atoms with Gasteiger partial charge in [-0.25, -0.2) is 0 Å². The van der Waals surface area contributed by atoms with Gasteiger partial charge in [-0.05, 0) is 19.9 Å². The van der Waals surface area contributed by atoms with Crippen molar-refractivity contribution in [3.8, 4) is 0 Å². The average Bonchev–Trinajstić information content (AvgIpc) is 2.17. The van der Waals surface area contributed by atoms with Crippen molar-refractivity contribution in [2.45, 2.75) is 25.9 Å². The Kier molecular flexibility index (Phi) is 4.19. The number of ketones is 1. The van der Waals surface area contributed by atoms with E-state index in [1.807, 2.05) is 12.2 Å². The molecule has 1 rings (SSSR count). The number of nitrogens with zero attached hydrogens (tertiary/aromatic N) is 1. The van der Waals surface area contributed by atoms with Crippen LogP contribution < -0.4 is 5.43 Å². The summed E-state index contributed by atoms with van der Waals surface area (Å²) in [4.78, 5) is 10.7. The number of hydrazone groups is 1. The number of hydrogen-bond donors (Lipinski definition) is 2. The summed E-state index contributed by atoms with van der Waals surface area (Å²) in [6, 6.07) is 0. The zero-order valence-corrected chi connectivity index (χ0v) is 9.47. The lowest BCUT2D eigenvalue weighted by molar-refractivity contribution is -0.112. The van der Waals surface area contributed by atoms with Gasteiger partial charge >= 0.3 is 0 Å². The van der Waals surface area contributed by atoms with E-state index in [1.54, 1.807) is 19.1 Å². The molecule has 0 aliphatic heterocycles. The zero-order chi connectivity index (χ0) is 12.0. The molecule has 0 fully saturated rings. The van der Waals surface area contributed by atoms with Crippen molar-refractivity contribution in [1.82, 2.24) is 5.43 Å². The Labute approximate surface area is 95.1 Å². The van der Waals surface area contributed by atoms with Crippen molar-refractivity contribution in [3.63, 3.8) is 0 Å². The summed E-state index contributed by atoms with van der Waals surface area (Å²) in [5.41, 5.74) is 2.29. The normalized spacial score (nSPS) is 25.1. The van der Waals surface area contributed by atoms with E-state index in [9.17, 15) is 9.90 Å². The Morgan fingerprint density at radius 2 is 2.25 bits per heavy atom. The minimum Gasteiger partial charge on any atom is -0.380 e. The maximum atomic E-state index is 10.7. The van der Waals surface area contributed by atoms with Gasteiger partial charge in [0.05, 0.1) is 6.21 Å². The summed E-state index contributed by atoms with van der Waals surface area (Å²) in [7, 11) is 0. The highest BCUT2D eigenvalue weighted by molar-refractivity contribution is 5.87. The number of rotatable bonds is 4. The van der Waals surface area contributed by atoms with Crippen LogP contribution in [0.1, 0.15) is 20.3 Å². The van der Waals surface area contributed by atoms with Gasteiger partial charge in [-0.2, -0.15) is 5.10 Å². The Morgan fingerprint density at radius 3 is 2.81 bits per heavy atom. The maximum Gasteiger partial charge on any atom is 0.154 e. The summed E-state index contributed by atoms with van der Waals surface area (Å²) in [5.74, 6) is -0.0422. The molecule has 0 saturated heterocycles. The average molecular weight is 220 g/mol. The molecule has 1 aliphatic carbocycles. The molecule has 16 heavy (non-hydrogen) atoms. The lowest BCUT2D eigenvalue weighted by Gasteiger charge is -2.19. The third-order valence-electron chi connectivity index (χ3n) is 2.03. The Balaban J connectivity index is 2.52. The van der Waals surface area contributed by atoms with Crippen LogP contribution in [0.4, 0.5) is 0 Å². The molecule has 1 aliphatic rings. The minimum atomic E-state index is -1.03. The molecule has 0 aromatic carbocycles. The van der Waals surface area contributed by atoms with Crippen LogP contribution in [0.15, 0.2) is 41.2 Å². The SMILES string of the molecule is CC(=O)/C=C(\C)NN=CC1(O)C=CC=CC1. The first kappa shape index (κ1) is 12.4. The monoisotopic (exact) mass is 220 g/mol. The van der Waals surface area contributed by atoms with Crippen LogP contribution in [0.3, 0.4) is 0 Å². The molecule has 4 nitrogen and oxygen atoms in total. The van der Waals surface area contributed by atoms with Gasteiger partial charge in [0, 0.05) is 18.2 Å². The number of allylic oxidation sites excluding steroid dienone is 4. The van der Waals surface area contributed by atoms with E-state index < -0.39 is 5.60 Å². The molecule has 0 bridgehead atoms. The van der Waals surface area contributed by atoms with E-state index >= 15 is 0 Å². The Bertz CT molecular complexity index is 380. The fraction of sp³-hybridized carbons (Fsp3) is 0.333. The summed E-state index contributed by atoms with van der Waals surface area (Å²) < 4.78 is 0. The first-order valence-electron chi connectivity index (χ1n) is 5.08. The molecular formula is C12H16N2O2. The van der Waals surface area contributed by atoms with Crippen molar-refractivity contribution in [3.05, 3.63) is 36.1 Å². The molecule has 0 spiro atoms. The molecule has 2 N–H and O–H groups in total. The third kappa shape index (κ3) is 4.23. The van der Waals surface area contributed by atoms with E-state index in [-0.39, 0.29) is 5.78 Å². The van der Waals surface area contributed by atoms with Crippen molar-refractivity contribution in [2.24, 2.45) is 5.10 Å². The Hall–Kier alpha value is -1.68. The number of carbonyl (C=O) groups is 1. The molecule has 1 atom stereocenters. The number of nitrogens with one attached hydrogen (secondary N) is 1. The van der Waals surface area contributed by atoms with Gasteiger partial charge in [0.25, 0.3) is 0 Å². The summed E-state index contributed by atoms with van der Waals surface area (Å²) in [6.07, 6.45) is 10.5. The van der Waals surface area contributed by atoms with Crippen molar-refractivity contribution >= 4 is 12.0 Å². The molecule has 86 valence electrons. The molecule has 4 heteroatoms. The first-order chi connectivity index (χ1) is 7.52. The van der Waals surface area contributed by atoms with Gasteiger partial charge in [-0.1, -0.05) is 18.2 Å². The fourth-order valence-corrected chi connectivity index (χ4v) is 1.30. The molecule has 0 amide bonds. The fourth-order valence-electron chi connectivity index (χ4n) is 1.30.